The zero-order chi connectivity index (χ0) is 6.85. The van der Waals surface area contributed by atoms with E-state index in [0.29, 0.717) is 0 Å². The molecule has 0 aliphatic carbocycles. The molecule has 0 spiro atoms. The average Bonchev–Trinajstić information content (AvgIpc) is 1.83. The first kappa shape index (κ1) is 5.54. The van der Waals surface area contributed by atoms with Crippen LogP contribution in [0.3, 0.4) is 0 Å². The molecular formula is C3H4N4O2. The highest BCUT2D eigenvalue weighted by Crippen LogP contribution is 1.67. The first-order valence-electron chi connectivity index (χ1n) is 2.14. The van der Waals surface area contributed by atoms with Crippen molar-refractivity contribution in [3.63, 3.8) is 0 Å². The minimum atomic E-state index is -0.811. The molecule has 0 bridgehead atoms. The van der Waals surface area contributed by atoms with Gasteiger partial charge in [-0.2, -0.15) is 0 Å². The Hall–Kier alpha value is -1.59. The van der Waals surface area contributed by atoms with Gasteiger partial charge in [-0.1, -0.05) is 0 Å². The van der Waals surface area contributed by atoms with Crippen molar-refractivity contribution in [1.29, 1.82) is 0 Å². The molecule has 1 heterocycles. The molecular weight excluding hydrogens is 124 g/mol. The largest absolute Gasteiger partial charge is 0.379 e. The van der Waals surface area contributed by atoms with E-state index >= 15 is 0 Å². The molecule has 0 fully saturated rings. The van der Waals surface area contributed by atoms with Crippen LogP contribution in [0.4, 0.5) is 5.82 Å². The predicted octanol–water partition coefficient (Wildman–Crippen LogP) is -1.96. The molecule has 4 N–H and O–H groups in total. The van der Waals surface area contributed by atoms with E-state index in [1.165, 1.54) is 0 Å². The van der Waals surface area contributed by atoms with Gasteiger partial charge in [-0.05, 0) is 0 Å². The zero-order valence-corrected chi connectivity index (χ0v) is 4.34. The second-order valence-corrected chi connectivity index (χ2v) is 1.39. The summed E-state index contributed by atoms with van der Waals surface area (Å²) < 4.78 is 0. The molecule has 0 unspecified atom stereocenters. The molecule has 0 atom stereocenters. The lowest BCUT2D eigenvalue weighted by Crippen LogP contribution is -2.31. The Balaban J connectivity index is 3.63. The number of nitrogens with zero attached hydrogens (tertiary/aromatic N) is 1. The van der Waals surface area contributed by atoms with Crippen molar-refractivity contribution < 1.29 is 0 Å². The summed E-state index contributed by atoms with van der Waals surface area (Å²) >= 11 is 0. The van der Waals surface area contributed by atoms with Gasteiger partial charge in [-0.3, -0.25) is 9.59 Å². The number of rotatable bonds is 0. The van der Waals surface area contributed by atoms with Crippen molar-refractivity contribution in [2.24, 2.45) is 0 Å². The third-order valence-electron chi connectivity index (χ3n) is 0.785. The van der Waals surface area contributed by atoms with Gasteiger partial charge in [0.2, 0.25) is 0 Å². The Morgan fingerprint density at radius 3 is 2.56 bits per heavy atom. The van der Waals surface area contributed by atoms with Gasteiger partial charge < -0.3 is 5.73 Å². The lowest BCUT2D eigenvalue weighted by Gasteiger charge is -1.84. The molecule has 1 aromatic rings. The quantitative estimate of drug-likeness (QED) is 0.353. The molecule has 6 nitrogen and oxygen atoms in total. The minimum Gasteiger partial charge on any atom is -0.379 e. The van der Waals surface area contributed by atoms with Gasteiger partial charge in [0.15, 0.2) is 5.82 Å². The Morgan fingerprint density at radius 2 is 2.11 bits per heavy atom. The maximum absolute atomic E-state index is 10.4. The molecule has 0 aliphatic rings. The summed E-state index contributed by atoms with van der Waals surface area (Å²) in [5.41, 5.74) is 3.35. The van der Waals surface area contributed by atoms with Crippen molar-refractivity contribution >= 4 is 5.82 Å². The van der Waals surface area contributed by atoms with Gasteiger partial charge in [0.25, 0.3) is 5.43 Å². The van der Waals surface area contributed by atoms with Crippen molar-refractivity contribution in [2.75, 3.05) is 5.73 Å². The van der Waals surface area contributed by atoms with E-state index in [2.05, 4.69) is 10.3 Å². The first-order valence-corrected chi connectivity index (χ1v) is 2.14. The fourth-order valence-corrected chi connectivity index (χ4v) is 0.363. The van der Waals surface area contributed by atoms with E-state index in [9.17, 15) is 9.59 Å². The maximum Gasteiger partial charge on any atom is 0.315 e. The van der Waals surface area contributed by atoms with Crippen molar-refractivity contribution in [3.05, 3.63) is 20.6 Å². The number of nitrogens with two attached hydrogens (primary N) is 1. The topological polar surface area (TPSA) is 105 Å². The van der Waals surface area contributed by atoms with Crippen LogP contribution in [0.15, 0.2) is 9.59 Å². The van der Waals surface area contributed by atoms with Gasteiger partial charge in [0, 0.05) is 0 Å². The van der Waals surface area contributed by atoms with Crippen LogP contribution in [0.1, 0.15) is 0 Å². The van der Waals surface area contributed by atoms with Crippen LogP contribution in [0.2, 0.25) is 0 Å². The van der Waals surface area contributed by atoms with E-state index in [0.717, 1.165) is 0 Å². The van der Waals surface area contributed by atoms with Crippen molar-refractivity contribution in [3.8, 4) is 0 Å². The molecule has 1 aromatic heterocycles. The number of H-pyrrole nitrogens is 2. The molecule has 0 saturated heterocycles. The molecule has 0 amide bonds. The summed E-state index contributed by atoms with van der Waals surface area (Å²) in [5, 5.41) is 7.24. The summed E-state index contributed by atoms with van der Waals surface area (Å²) in [4.78, 5) is 20.7. The number of aromatic amines is 2. The number of nitrogens with one attached hydrogen (secondary N) is 2. The van der Waals surface area contributed by atoms with Crippen LogP contribution >= 0.6 is 0 Å². The Morgan fingerprint density at radius 1 is 1.44 bits per heavy atom. The Kier molecular flexibility index (Phi) is 1.07. The molecule has 9 heavy (non-hydrogen) atoms. The predicted molar refractivity (Wildman–Crippen MR) is 29.9 cm³/mol. The number of hydrogen-bond acceptors (Lipinski definition) is 4. The second-order valence-electron chi connectivity index (χ2n) is 1.39. The fraction of sp³-hybridized carbons (Fsp3) is 0. The molecule has 0 saturated carbocycles. The lowest BCUT2D eigenvalue weighted by atomic mass is 10.6. The Labute approximate surface area is 48.7 Å². The van der Waals surface area contributed by atoms with Crippen molar-refractivity contribution in [2.45, 2.75) is 0 Å². The third-order valence-corrected chi connectivity index (χ3v) is 0.785. The molecule has 1 rings (SSSR count). The summed E-state index contributed by atoms with van der Waals surface area (Å²) in [6.45, 7) is 0. The number of nitrogen functional groups attached to an aromatic ring is 1. The molecule has 0 radical (unpaired) electrons. The second kappa shape index (κ2) is 1.73. The summed E-state index contributed by atoms with van der Waals surface area (Å²) in [5.74, 6) is -0.321. The SMILES string of the molecule is Nc1n[nH][nH]c(=O)c1=O. The lowest BCUT2D eigenvalue weighted by molar-refractivity contribution is 0.837. The standard InChI is InChI=1S/C3H4N4O2/c4-2-1(8)3(9)6-7-5-2/h(H,7,8)(H3,4,5,6,9). The highest BCUT2D eigenvalue weighted by molar-refractivity contribution is 5.21. The summed E-state index contributed by atoms with van der Waals surface area (Å²) in [6.07, 6.45) is 0. The normalized spacial score (nSPS) is 9.33. The van der Waals surface area contributed by atoms with E-state index in [1.807, 2.05) is 5.10 Å². The number of hydrogen-bond donors (Lipinski definition) is 3. The van der Waals surface area contributed by atoms with Gasteiger partial charge in [-0.15, -0.1) is 5.10 Å². The summed E-state index contributed by atoms with van der Waals surface area (Å²) in [7, 11) is 0. The van der Waals surface area contributed by atoms with Gasteiger partial charge in [-0.25, -0.2) is 10.3 Å². The van der Waals surface area contributed by atoms with Crippen LogP contribution in [-0.2, 0) is 0 Å². The van der Waals surface area contributed by atoms with Gasteiger partial charge in [0.1, 0.15) is 0 Å². The number of anilines is 1. The van der Waals surface area contributed by atoms with Gasteiger partial charge >= 0.3 is 5.56 Å². The third kappa shape index (κ3) is 0.809. The van der Waals surface area contributed by atoms with Gasteiger partial charge in [0.05, 0.1) is 0 Å². The zero-order valence-electron chi connectivity index (χ0n) is 4.34. The average molecular weight is 128 g/mol. The highest BCUT2D eigenvalue weighted by Gasteiger charge is 1.95. The minimum absolute atomic E-state index is 0.321. The van der Waals surface area contributed by atoms with Crippen molar-refractivity contribution in [1.82, 2.24) is 15.4 Å². The first-order chi connectivity index (χ1) is 4.22. The maximum atomic E-state index is 10.4. The van der Waals surface area contributed by atoms with E-state index < -0.39 is 11.0 Å². The highest BCUT2D eigenvalue weighted by atomic mass is 16.2. The van der Waals surface area contributed by atoms with E-state index in [-0.39, 0.29) is 5.82 Å². The summed E-state index contributed by atoms with van der Waals surface area (Å²) in [6, 6.07) is 0. The fourth-order valence-electron chi connectivity index (χ4n) is 0.363. The van der Waals surface area contributed by atoms with Crippen LogP contribution in [0, 0.1) is 0 Å². The Bertz CT molecular complexity index is 310. The van der Waals surface area contributed by atoms with E-state index in [4.69, 9.17) is 5.73 Å². The monoisotopic (exact) mass is 128 g/mol. The van der Waals surface area contributed by atoms with E-state index in [1.54, 1.807) is 0 Å². The van der Waals surface area contributed by atoms with Crippen LogP contribution in [0.5, 0.6) is 0 Å². The van der Waals surface area contributed by atoms with Crippen LogP contribution in [0.25, 0.3) is 0 Å². The number of aromatic nitrogens is 3. The van der Waals surface area contributed by atoms with Crippen LogP contribution < -0.4 is 16.7 Å². The molecule has 0 aliphatic heterocycles. The molecule has 48 valence electrons. The molecule has 6 heteroatoms. The smallest absolute Gasteiger partial charge is 0.315 e. The molecule has 0 aromatic carbocycles. The van der Waals surface area contributed by atoms with Crippen LogP contribution in [-0.4, -0.2) is 15.4 Å².